The Morgan fingerprint density at radius 1 is 1.21 bits per heavy atom. The minimum atomic E-state index is -0.717. The number of ether oxygens (including phenoxy) is 2. The third kappa shape index (κ3) is 6.45. The van der Waals surface area contributed by atoms with Crippen molar-refractivity contribution in [2.45, 2.75) is 45.8 Å². The summed E-state index contributed by atoms with van der Waals surface area (Å²) in [6.45, 7) is 8.28. The molecule has 2 fully saturated rings. The molecule has 0 bridgehead atoms. The van der Waals surface area contributed by atoms with Crippen LogP contribution in [0.1, 0.15) is 29.9 Å². The zero-order valence-electron chi connectivity index (χ0n) is 24.5. The predicted molar refractivity (Wildman–Crippen MR) is 158 cm³/mol. The monoisotopic (exact) mass is 579 g/mol. The summed E-state index contributed by atoms with van der Waals surface area (Å²) in [6, 6.07) is 4.69. The summed E-state index contributed by atoms with van der Waals surface area (Å²) in [5, 5.41) is 29.2. The lowest BCUT2D eigenvalue weighted by Gasteiger charge is -2.23. The second-order valence-electron chi connectivity index (χ2n) is 10.8. The normalized spacial score (nSPS) is 17.7. The van der Waals surface area contributed by atoms with Crippen LogP contribution in [0, 0.1) is 32.0 Å². The van der Waals surface area contributed by atoms with E-state index in [0.29, 0.717) is 60.1 Å². The molecule has 1 aromatic carbocycles. The molecule has 2 aliphatic heterocycles. The number of hydrogen-bond donors (Lipinski definition) is 4. The molecule has 1 atom stereocenters. The van der Waals surface area contributed by atoms with E-state index in [1.54, 1.807) is 13.1 Å². The molecule has 0 amide bonds. The highest BCUT2D eigenvalue weighted by molar-refractivity contribution is 6.05. The molecule has 11 nitrogen and oxygen atoms in total. The molecule has 0 radical (unpaired) electrons. The standard InChI is InChI=1S/C30H38FN7O4/c1-17-28(27-18(2)37-42-19(27)3)35-29(24-11-23(5-6-25(24)31)41-16-22(39)13-33-4)36-30(17)38-14-20(26(32)15-38)12-34-21-7-9-40-10-8-21/h5-6,11-12,21-22,32-34,39H,7-10,13-16H2,1-4H3/b20-12-,32-26?/t22-/m1/s1. The van der Waals surface area contributed by atoms with E-state index in [-0.39, 0.29) is 18.0 Å². The van der Waals surface area contributed by atoms with Gasteiger partial charge in [0, 0.05) is 49.7 Å². The topological polar surface area (TPSA) is 142 Å². The fraction of sp³-hybridized carbons (Fsp3) is 0.467. The molecule has 4 N–H and O–H groups in total. The predicted octanol–water partition coefficient (Wildman–Crippen LogP) is 3.31. The van der Waals surface area contributed by atoms with Crippen LogP contribution in [0.3, 0.4) is 0 Å². The summed E-state index contributed by atoms with van der Waals surface area (Å²) < 4.78 is 32.0. The quantitative estimate of drug-likeness (QED) is 0.283. The number of rotatable bonds is 10. The van der Waals surface area contributed by atoms with Gasteiger partial charge < -0.3 is 40.0 Å². The molecule has 42 heavy (non-hydrogen) atoms. The molecule has 12 heteroatoms. The van der Waals surface area contributed by atoms with Crippen molar-refractivity contribution >= 4 is 11.5 Å². The summed E-state index contributed by atoms with van der Waals surface area (Å²) in [6.07, 6.45) is 3.08. The minimum Gasteiger partial charge on any atom is -0.491 e. The molecule has 2 aliphatic rings. The van der Waals surface area contributed by atoms with Gasteiger partial charge in [0.2, 0.25) is 0 Å². The maximum atomic E-state index is 15.3. The Balaban J connectivity index is 1.52. The van der Waals surface area contributed by atoms with E-state index < -0.39 is 11.9 Å². The highest BCUT2D eigenvalue weighted by Gasteiger charge is 2.29. The van der Waals surface area contributed by atoms with Crippen molar-refractivity contribution in [1.29, 1.82) is 5.41 Å². The van der Waals surface area contributed by atoms with Crippen molar-refractivity contribution in [3.05, 3.63) is 52.8 Å². The molecule has 5 rings (SSSR count). The van der Waals surface area contributed by atoms with Crippen molar-refractivity contribution < 1.29 is 23.5 Å². The molecule has 4 heterocycles. The number of likely N-dealkylation sites (N-methyl/N-ethyl adjacent to an activating group) is 1. The van der Waals surface area contributed by atoms with Crippen molar-refractivity contribution in [2.24, 2.45) is 0 Å². The van der Waals surface area contributed by atoms with Crippen LogP contribution in [0.4, 0.5) is 10.2 Å². The second kappa shape index (κ2) is 13.0. The molecular formula is C30H38FN7O4. The van der Waals surface area contributed by atoms with Gasteiger partial charge in [-0.25, -0.2) is 14.4 Å². The summed E-state index contributed by atoms with van der Waals surface area (Å²) in [4.78, 5) is 11.7. The van der Waals surface area contributed by atoms with Gasteiger partial charge in [-0.05, 0) is 58.9 Å². The van der Waals surface area contributed by atoms with E-state index in [4.69, 9.17) is 29.4 Å². The Hall–Kier alpha value is -3.87. The molecule has 0 aliphatic carbocycles. The molecule has 3 aromatic rings. The first kappa shape index (κ1) is 29.6. The first-order valence-electron chi connectivity index (χ1n) is 14.2. The maximum absolute atomic E-state index is 15.3. The van der Waals surface area contributed by atoms with E-state index in [1.165, 1.54) is 12.1 Å². The fourth-order valence-electron chi connectivity index (χ4n) is 5.26. The molecule has 2 aromatic heterocycles. The largest absolute Gasteiger partial charge is 0.491 e. The van der Waals surface area contributed by atoms with Crippen LogP contribution in [-0.4, -0.2) is 84.6 Å². The number of anilines is 1. The zero-order valence-corrected chi connectivity index (χ0v) is 24.5. The first-order chi connectivity index (χ1) is 20.2. The summed E-state index contributed by atoms with van der Waals surface area (Å²) in [7, 11) is 1.74. The molecule has 2 saturated heterocycles. The van der Waals surface area contributed by atoms with E-state index in [1.807, 2.05) is 31.9 Å². The molecule has 0 saturated carbocycles. The highest BCUT2D eigenvalue weighted by Crippen LogP contribution is 2.36. The summed E-state index contributed by atoms with van der Waals surface area (Å²) >= 11 is 0. The van der Waals surface area contributed by atoms with Crippen molar-refractivity contribution in [2.75, 3.05) is 51.4 Å². The average Bonchev–Trinajstić information content (AvgIpc) is 3.52. The van der Waals surface area contributed by atoms with E-state index in [9.17, 15) is 5.11 Å². The van der Waals surface area contributed by atoms with Gasteiger partial charge in [0.1, 0.15) is 35.9 Å². The second-order valence-corrected chi connectivity index (χ2v) is 10.8. The Bertz CT molecular complexity index is 1450. The average molecular weight is 580 g/mol. The summed E-state index contributed by atoms with van der Waals surface area (Å²) in [5.41, 5.74) is 4.30. The van der Waals surface area contributed by atoms with Crippen LogP contribution in [0.15, 0.2) is 34.5 Å². The number of nitrogens with one attached hydrogen (secondary N) is 3. The summed E-state index contributed by atoms with van der Waals surface area (Å²) in [5.74, 6) is 1.25. The molecular weight excluding hydrogens is 541 g/mol. The number of halogens is 1. The van der Waals surface area contributed by atoms with Crippen molar-refractivity contribution in [3.8, 4) is 28.4 Å². The van der Waals surface area contributed by atoms with Crippen LogP contribution in [0.2, 0.25) is 0 Å². The van der Waals surface area contributed by atoms with Gasteiger partial charge >= 0.3 is 0 Å². The van der Waals surface area contributed by atoms with Crippen LogP contribution in [0.25, 0.3) is 22.6 Å². The Morgan fingerprint density at radius 3 is 2.71 bits per heavy atom. The minimum absolute atomic E-state index is 0.0448. The third-order valence-corrected chi connectivity index (χ3v) is 7.56. The zero-order chi connectivity index (χ0) is 29.8. The van der Waals surface area contributed by atoms with E-state index in [0.717, 1.165) is 42.8 Å². The number of nitrogens with zero attached hydrogens (tertiary/aromatic N) is 4. The SMILES string of the molecule is CNC[C@@H](O)COc1ccc(F)c(-c2nc(-c3c(C)noc3C)c(C)c(N3CC(=N)/C(=C\NC4CCOCC4)C3)n2)c1. The first-order valence-corrected chi connectivity index (χ1v) is 14.2. The Labute approximate surface area is 244 Å². The molecule has 0 spiro atoms. The lowest BCUT2D eigenvalue weighted by Crippen LogP contribution is -2.32. The number of aryl methyl sites for hydroxylation is 2. The highest BCUT2D eigenvalue weighted by atomic mass is 19.1. The molecule has 224 valence electrons. The van der Waals surface area contributed by atoms with Gasteiger partial charge in [0.25, 0.3) is 0 Å². The lowest BCUT2D eigenvalue weighted by molar-refractivity contribution is 0.0812. The van der Waals surface area contributed by atoms with Gasteiger partial charge in [-0.3, -0.25) is 0 Å². The van der Waals surface area contributed by atoms with Gasteiger partial charge in [0.15, 0.2) is 5.82 Å². The lowest BCUT2D eigenvalue weighted by atomic mass is 10.0. The van der Waals surface area contributed by atoms with Crippen molar-refractivity contribution in [1.82, 2.24) is 25.8 Å². The number of aromatic nitrogens is 3. The van der Waals surface area contributed by atoms with E-state index >= 15 is 4.39 Å². The fourth-order valence-corrected chi connectivity index (χ4v) is 5.26. The Morgan fingerprint density at radius 2 is 2.00 bits per heavy atom. The molecule has 0 unspecified atom stereocenters. The van der Waals surface area contributed by atoms with E-state index in [2.05, 4.69) is 15.8 Å². The van der Waals surface area contributed by atoms with Crippen LogP contribution < -0.4 is 20.3 Å². The van der Waals surface area contributed by atoms with Crippen LogP contribution in [0.5, 0.6) is 5.75 Å². The maximum Gasteiger partial charge on any atom is 0.165 e. The number of aliphatic hydroxyl groups excluding tert-OH is 1. The van der Waals surface area contributed by atoms with Gasteiger partial charge in [-0.15, -0.1) is 0 Å². The van der Waals surface area contributed by atoms with Crippen molar-refractivity contribution in [3.63, 3.8) is 0 Å². The van der Waals surface area contributed by atoms with Crippen LogP contribution >= 0.6 is 0 Å². The number of benzene rings is 1. The Kier molecular flexibility index (Phi) is 9.15. The third-order valence-electron chi connectivity index (χ3n) is 7.56. The van der Waals surface area contributed by atoms with Crippen LogP contribution in [-0.2, 0) is 4.74 Å². The number of hydrogen-bond acceptors (Lipinski definition) is 11. The van der Waals surface area contributed by atoms with Gasteiger partial charge in [0.05, 0.1) is 34.8 Å². The van der Waals surface area contributed by atoms with Gasteiger partial charge in [-0.1, -0.05) is 5.16 Å². The van der Waals surface area contributed by atoms with Gasteiger partial charge in [-0.2, -0.15) is 0 Å². The number of aliphatic hydroxyl groups is 1. The smallest absolute Gasteiger partial charge is 0.165 e.